The van der Waals surface area contributed by atoms with Gasteiger partial charge in [0.05, 0.1) is 18.1 Å². The first-order valence-electron chi connectivity index (χ1n) is 11.8. The minimum absolute atomic E-state index is 0.235. The van der Waals surface area contributed by atoms with Gasteiger partial charge in [-0.2, -0.15) is 0 Å². The summed E-state index contributed by atoms with van der Waals surface area (Å²) >= 11 is 0. The van der Waals surface area contributed by atoms with Crippen molar-refractivity contribution < 1.29 is 14.6 Å². The summed E-state index contributed by atoms with van der Waals surface area (Å²) in [5.41, 5.74) is 2.70. The number of methoxy groups -OCH3 is 1. The fourth-order valence-electron chi connectivity index (χ4n) is 4.55. The molecule has 0 atom stereocenters. The second kappa shape index (κ2) is 9.68. The fourth-order valence-corrected chi connectivity index (χ4v) is 4.55. The molecule has 0 radical (unpaired) electrons. The number of imidazole rings is 1. The van der Waals surface area contributed by atoms with E-state index in [9.17, 15) is 9.90 Å². The predicted octanol–water partition coefficient (Wildman–Crippen LogP) is 5.60. The maximum Gasteiger partial charge on any atom is 0.255 e. The summed E-state index contributed by atoms with van der Waals surface area (Å²) in [6.45, 7) is 2.60. The van der Waals surface area contributed by atoms with Crippen LogP contribution in [0.1, 0.15) is 34.2 Å². The Labute approximate surface area is 209 Å². The van der Waals surface area contributed by atoms with Gasteiger partial charge in [0.25, 0.3) is 5.91 Å². The monoisotopic (exact) mass is 477 g/mol. The Kier molecular flexibility index (Phi) is 6.27. The van der Waals surface area contributed by atoms with Crippen molar-refractivity contribution in [3.8, 4) is 5.75 Å². The average molecular weight is 478 g/mol. The molecule has 5 aromatic rings. The number of aromatic nitrogens is 2. The van der Waals surface area contributed by atoms with Crippen LogP contribution < -0.4 is 10.1 Å². The molecule has 1 aromatic heterocycles. The van der Waals surface area contributed by atoms with Crippen molar-refractivity contribution in [1.29, 1.82) is 0 Å². The van der Waals surface area contributed by atoms with Gasteiger partial charge < -0.3 is 19.7 Å². The van der Waals surface area contributed by atoms with E-state index < -0.39 is 5.60 Å². The minimum Gasteiger partial charge on any atom is -0.497 e. The molecular weight excluding hydrogens is 450 g/mol. The Morgan fingerprint density at radius 3 is 2.19 bits per heavy atom. The molecule has 0 aliphatic heterocycles. The third-order valence-corrected chi connectivity index (χ3v) is 6.36. The number of aryl methyl sites for hydroxylation is 1. The van der Waals surface area contributed by atoms with Crippen molar-refractivity contribution in [3.05, 3.63) is 126 Å². The zero-order valence-electron chi connectivity index (χ0n) is 20.2. The van der Waals surface area contributed by atoms with E-state index in [1.807, 2.05) is 90.4 Å². The van der Waals surface area contributed by atoms with Crippen LogP contribution in [0, 0.1) is 0 Å². The normalized spacial score (nSPS) is 11.4. The summed E-state index contributed by atoms with van der Waals surface area (Å²) in [5, 5.41) is 15.3. The Morgan fingerprint density at radius 1 is 0.917 bits per heavy atom. The molecule has 0 saturated heterocycles. The Morgan fingerprint density at radius 2 is 1.58 bits per heavy atom. The molecule has 5 rings (SSSR count). The lowest BCUT2D eigenvalue weighted by atomic mass is 9.85. The standard InChI is InChI=1S/C30H27N3O3/c1-3-33-27-20-24(31-28(34)21-11-10-16-25(19-21)36-2)17-18-26(27)32-29(33)30(35,22-12-6-4-7-13-22)23-14-8-5-9-15-23/h4-20,35H,3H2,1-2H3,(H,31,34). The average Bonchev–Trinajstić information content (AvgIpc) is 3.32. The van der Waals surface area contributed by atoms with Gasteiger partial charge in [0.2, 0.25) is 0 Å². The Hall–Kier alpha value is -4.42. The quantitative estimate of drug-likeness (QED) is 0.320. The largest absolute Gasteiger partial charge is 0.497 e. The van der Waals surface area contributed by atoms with Crippen LogP contribution in [-0.2, 0) is 12.1 Å². The van der Waals surface area contributed by atoms with Gasteiger partial charge in [-0.15, -0.1) is 0 Å². The molecule has 0 bridgehead atoms. The Balaban J connectivity index is 1.60. The lowest BCUT2D eigenvalue weighted by molar-refractivity contribution is 0.102. The maximum atomic E-state index is 12.9. The zero-order valence-corrected chi connectivity index (χ0v) is 20.2. The molecule has 1 amide bonds. The van der Waals surface area contributed by atoms with Crippen LogP contribution in [0.25, 0.3) is 11.0 Å². The number of hydrogen-bond donors (Lipinski definition) is 2. The molecule has 180 valence electrons. The molecular formula is C30H27N3O3. The van der Waals surface area contributed by atoms with Crippen LogP contribution in [-0.4, -0.2) is 27.7 Å². The molecule has 6 heteroatoms. The third-order valence-electron chi connectivity index (χ3n) is 6.36. The summed E-state index contributed by atoms with van der Waals surface area (Å²) in [6, 6.07) is 31.7. The van der Waals surface area contributed by atoms with Gasteiger partial charge in [-0.3, -0.25) is 4.79 Å². The van der Waals surface area contributed by atoms with E-state index in [-0.39, 0.29) is 5.91 Å². The van der Waals surface area contributed by atoms with Crippen LogP contribution >= 0.6 is 0 Å². The number of hydrogen-bond acceptors (Lipinski definition) is 4. The van der Waals surface area contributed by atoms with Gasteiger partial charge in [0.1, 0.15) is 5.75 Å². The number of carbonyl (C=O) groups excluding carboxylic acids is 1. The molecule has 0 aliphatic rings. The van der Waals surface area contributed by atoms with Crippen molar-refractivity contribution in [2.75, 3.05) is 12.4 Å². The number of amides is 1. The van der Waals surface area contributed by atoms with E-state index in [0.717, 1.165) is 22.2 Å². The lowest BCUT2D eigenvalue weighted by Crippen LogP contribution is -2.32. The number of aliphatic hydroxyl groups is 1. The van der Waals surface area contributed by atoms with E-state index in [4.69, 9.17) is 9.72 Å². The summed E-state index contributed by atoms with van der Waals surface area (Å²) in [5.74, 6) is 0.905. The van der Waals surface area contributed by atoms with E-state index in [1.54, 1.807) is 31.4 Å². The summed E-state index contributed by atoms with van der Waals surface area (Å²) in [7, 11) is 1.57. The summed E-state index contributed by atoms with van der Waals surface area (Å²) in [4.78, 5) is 17.8. The van der Waals surface area contributed by atoms with Crippen molar-refractivity contribution in [2.45, 2.75) is 19.1 Å². The topological polar surface area (TPSA) is 76.4 Å². The van der Waals surface area contributed by atoms with Gasteiger partial charge in [-0.1, -0.05) is 66.7 Å². The molecule has 4 aromatic carbocycles. The zero-order chi connectivity index (χ0) is 25.1. The van der Waals surface area contributed by atoms with E-state index in [1.165, 1.54) is 0 Å². The number of benzene rings is 4. The first-order valence-corrected chi connectivity index (χ1v) is 11.8. The highest BCUT2D eigenvalue weighted by Gasteiger charge is 2.38. The second-order valence-electron chi connectivity index (χ2n) is 8.51. The first kappa shape index (κ1) is 23.3. The number of ether oxygens (including phenoxy) is 1. The number of carbonyl (C=O) groups is 1. The van der Waals surface area contributed by atoms with E-state index >= 15 is 0 Å². The molecule has 0 fully saturated rings. The number of nitrogens with one attached hydrogen (secondary N) is 1. The number of fused-ring (bicyclic) bond motifs is 1. The molecule has 36 heavy (non-hydrogen) atoms. The van der Waals surface area contributed by atoms with Crippen LogP contribution in [0.2, 0.25) is 0 Å². The van der Waals surface area contributed by atoms with Crippen molar-refractivity contribution in [2.24, 2.45) is 0 Å². The predicted molar refractivity (Wildman–Crippen MR) is 141 cm³/mol. The van der Waals surface area contributed by atoms with Crippen LogP contribution in [0.15, 0.2) is 103 Å². The number of anilines is 1. The van der Waals surface area contributed by atoms with E-state index in [2.05, 4.69) is 5.32 Å². The van der Waals surface area contributed by atoms with Crippen LogP contribution in [0.4, 0.5) is 5.69 Å². The van der Waals surface area contributed by atoms with Crippen LogP contribution in [0.3, 0.4) is 0 Å². The molecule has 1 heterocycles. The molecule has 2 N–H and O–H groups in total. The van der Waals surface area contributed by atoms with Gasteiger partial charge in [0, 0.05) is 17.8 Å². The highest BCUT2D eigenvalue weighted by molar-refractivity contribution is 6.05. The minimum atomic E-state index is -1.46. The first-order chi connectivity index (χ1) is 17.5. The second-order valence-corrected chi connectivity index (χ2v) is 8.51. The fraction of sp³-hybridized carbons (Fsp3) is 0.133. The highest BCUT2D eigenvalue weighted by atomic mass is 16.5. The molecule has 0 aliphatic carbocycles. The van der Waals surface area contributed by atoms with Crippen LogP contribution in [0.5, 0.6) is 5.75 Å². The maximum absolute atomic E-state index is 12.9. The molecule has 6 nitrogen and oxygen atoms in total. The van der Waals surface area contributed by atoms with E-state index in [0.29, 0.717) is 29.4 Å². The number of rotatable bonds is 7. The smallest absolute Gasteiger partial charge is 0.255 e. The third kappa shape index (κ3) is 4.12. The summed E-state index contributed by atoms with van der Waals surface area (Å²) in [6.07, 6.45) is 0. The number of nitrogens with zero attached hydrogens (tertiary/aromatic N) is 2. The molecule has 0 unspecified atom stereocenters. The molecule has 0 saturated carbocycles. The summed E-state index contributed by atoms with van der Waals surface area (Å²) < 4.78 is 7.23. The van der Waals surface area contributed by atoms with Gasteiger partial charge in [-0.25, -0.2) is 4.98 Å². The lowest BCUT2D eigenvalue weighted by Gasteiger charge is -2.29. The highest BCUT2D eigenvalue weighted by Crippen LogP contribution is 2.38. The Bertz CT molecular complexity index is 1470. The van der Waals surface area contributed by atoms with Crippen molar-refractivity contribution in [1.82, 2.24) is 9.55 Å². The van der Waals surface area contributed by atoms with Gasteiger partial charge in [0.15, 0.2) is 11.4 Å². The van der Waals surface area contributed by atoms with Crippen molar-refractivity contribution in [3.63, 3.8) is 0 Å². The van der Waals surface area contributed by atoms with Gasteiger partial charge >= 0.3 is 0 Å². The van der Waals surface area contributed by atoms with Gasteiger partial charge in [-0.05, 0) is 54.4 Å². The molecule has 0 spiro atoms. The van der Waals surface area contributed by atoms with Crippen molar-refractivity contribution >= 4 is 22.6 Å². The SMILES string of the molecule is CCn1c(C(O)(c2ccccc2)c2ccccc2)nc2ccc(NC(=O)c3cccc(OC)c3)cc21.